The van der Waals surface area contributed by atoms with Gasteiger partial charge in [-0.2, -0.15) is 5.26 Å². The van der Waals surface area contributed by atoms with E-state index in [2.05, 4.69) is 22.0 Å². The molecule has 0 radical (unpaired) electrons. The van der Waals surface area contributed by atoms with E-state index in [0.717, 1.165) is 10.9 Å². The fourth-order valence-electron chi connectivity index (χ4n) is 1.68. The fraction of sp³-hybridized carbons (Fsp3) is 0.188. The molecule has 108 valence electrons. The zero-order valence-electron chi connectivity index (χ0n) is 11.2. The highest BCUT2D eigenvalue weighted by atomic mass is 79.9. The molecular weight excluding hydrogens is 354 g/mol. The van der Waals surface area contributed by atoms with E-state index in [0.29, 0.717) is 35.3 Å². The number of benzene rings is 2. The van der Waals surface area contributed by atoms with Crippen molar-refractivity contribution in [1.29, 1.82) is 5.26 Å². The first kappa shape index (κ1) is 15.7. The highest BCUT2D eigenvalue weighted by Crippen LogP contribution is 2.27. The van der Waals surface area contributed by atoms with Gasteiger partial charge in [0.15, 0.2) is 0 Å². The minimum Gasteiger partial charge on any atom is -0.493 e. The van der Waals surface area contributed by atoms with Crippen molar-refractivity contribution in [2.45, 2.75) is 6.42 Å². The summed E-state index contributed by atoms with van der Waals surface area (Å²) in [6, 6.07) is 14.7. The van der Waals surface area contributed by atoms with Crippen LogP contribution in [0.1, 0.15) is 12.0 Å². The highest BCUT2D eigenvalue weighted by Gasteiger charge is 2.02. The standard InChI is InChI=1S/C16H13BrClNO2/c17-13-5-6-16(15(18)10-13)21-8-2-7-20-14-4-1-3-12(9-14)11-19/h1,3-6,9-10H,2,7-8H2. The summed E-state index contributed by atoms with van der Waals surface area (Å²) in [5, 5.41) is 9.38. The van der Waals surface area contributed by atoms with Crippen molar-refractivity contribution in [2.75, 3.05) is 13.2 Å². The zero-order chi connectivity index (χ0) is 15.1. The van der Waals surface area contributed by atoms with E-state index in [1.54, 1.807) is 24.3 Å². The smallest absolute Gasteiger partial charge is 0.137 e. The van der Waals surface area contributed by atoms with Crippen molar-refractivity contribution in [3.05, 3.63) is 57.5 Å². The zero-order valence-corrected chi connectivity index (χ0v) is 13.5. The van der Waals surface area contributed by atoms with Crippen LogP contribution in [0.3, 0.4) is 0 Å². The van der Waals surface area contributed by atoms with E-state index in [9.17, 15) is 0 Å². The minimum atomic E-state index is 0.513. The Labute approximate surface area is 137 Å². The lowest BCUT2D eigenvalue weighted by atomic mass is 10.2. The second-order valence-corrected chi connectivity index (χ2v) is 5.59. The molecule has 0 aliphatic rings. The van der Waals surface area contributed by atoms with Crippen LogP contribution in [0.4, 0.5) is 0 Å². The number of ether oxygens (including phenoxy) is 2. The molecule has 0 aliphatic carbocycles. The third-order valence-electron chi connectivity index (χ3n) is 2.67. The number of halogens is 2. The first-order valence-corrected chi connectivity index (χ1v) is 7.57. The first-order valence-electron chi connectivity index (χ1n) is 6.40. The molecule has 0 saturated carbocycles. The van der Waals surface area contributed by atoms with Gasteiger partial charge in [0.1, 0.15) is 11.5 Å². The number of hydrogen-bond donors (Lipinski definition) is 0. The van der Waals surface area contributed by atoms with E-state index in [1.807, 2.05) is 18.2 Å². The molecule has 0 atom stereocenters. The van der Waals surface area contributed by atoms with Crippen LogP contribution in [-0.4, -0.2) is 13.2 Å². The van der Waals surface area contributed by atoms with Gasteiger partial charge in [0.2, 0.25) is 0 Å². The third kappa shape index (κ3) is 4.96. The van der Waals surface area contributed by atoms with E-state index in [4.69, 9.17) is 26.3 Å². The second kappa shape index (κ2) is 7.92. The molecule has 5 heteroatoms. The van der Waals surface area contributed by atoms with Crippen LogP contribution >= 0.6 is 27.5 Å². The van der Waals surface area contributed by atoms with Crippen LogP contribution in [-0.2, 0) is 0 Å². The summed E-state index contributed by atoms with van der Waals surface area (Å²) in [6.45, 7) is 1.03. The van der Waals surface area contributed by atoms with Gasteiger partial charge in [0.05, 0.1) is 29.9 Å². The van der Waals surface area contributed by atoms with Crippen LogP contribution in [0.25, 0.3) is 0 Å². The Morgan fingerprint density at radius 3 is 2.67 bits per heavy atom. The van der Waals surface area contributed by atoms with Crippen molar-refractivity contribution in [3.8, 4) is 17.6 Å². The Bertz CT molecular complexity index is 655. The monoisotopic (exact) mass is 365 g/mol. The molecular formula is C16H13BrClNO2. The Kier molecular flexibility index (Phi) is 5.91. The van der Waals surface area contributed by atoms with E-state index >= 15 is 0 Å². The maximum absolute atomic E-state index is 8.80. The number of rotatable bonds is 6. The molecule has 0 aromatic heterocycles. The summed E-state index contributed by atoms with van der Waals surface area (Å²) < 4.78 is 12.1. The Morgan fingerprint density at radius 2 is 1.90 bits per heavy atom. The lowest BCUT2D eigenvalue weighted by Crippen LogP contribution is -2.05. The second-order valence-electron chi connectivity index (χ2n) is 4.26. The van der Waals surface area contributed by atoms with Crippen molar-refractivity contribution in [2.24, 2.45) is 0 Å². The van der Waals surface area contributed by atoms with Gasteiger partial charge < -0.3 is 9.47 Å². The normalized spacial score (nSPS) is 9.95. The molecule has 0 spiro atoms. The maximum Gasteiger partial charge on any atom is 0.137 e. The van der Waals surface area contributed by atoms with Gasteiger partial charge in [-0.25, -0.2) is 0 Å². The van der Waals surface area contributed by atoms with E-state index < -0.39 is 0 Å². The van der Waals surface area contributed by atoms with Gasteiger partial charge >= 0.3 is 0 Å². The quantitative estimate of drug-likeness (QED) is 0.688. The highest BCUT2D eigenvalue weighted by molar-refractivity contribution is 9.10. The topological polar surface area (TPSA) is 42.2 Å². The van der Waals surface area contributed by atoms with Crippen LogP contribution < -0.4 is 9.47 Å². The van der Waals surface area contributed by atoms with Crippen LogP contribution in [0.5, 0.6) is 11.5 Å². The summed E-state index contributed by atoms with van der Waals surface area (Å²) >= 11 is 9.40. The minimum absolute atomic E-state index is 0.513. The van der Waals surface area contributed by atoms with Gasteiger partial charge in [0.25, 0.3) is 0 Å². The fourth-order valence-corrected chi connectivity index (χ4v) is 2.41. The SMILES string of the molecule is N#Cc1cccc(OCCCOc2ccc(Br)cc2Cl)c1. The van der Waals surface area contributed by atoms with E-state index in [1.165, 1.54) is 0 Å². The molecule has 0 heterocycles. The summed E-state index contributed by atoms with van der Waals surface area (Å²) in [7, 11) is 0. The van der Waals surface area contributed by atoms with Gasteiger partial charge in [-0.15, -0.1) is 0 Å². The number of nitriles is 1. The molecule has 21 heavy (non-hydrogen) atoms. The Balaban J connectivity index is 1.74. The summed E-state index contributed by atoms with van der Waals surface area (Å²) in [6.07, 6.45) is 0.725. The summed E-state index contributed by atoms with van der Waals surface area (Å²) in [5.41, 5.74) is 0.588. The summed E-state index contributed by atoms with van der Waals surface area (Å²) in [4.78, 5) is 0. The van der Waals surface area contributed by atoms with Gasteiger partial charge in [-0.3, -0.25) is 0 Å². The molecule has 0 N–H and O–H groups in total. The molecule has 2 aromatic rings. The number of hydrogen-bond acceptors (Lipinski definition) is 3. The average molecular weight is 367 g/mol. The van der Waals surface area contributed by atoms with Gasteiger partial charge in [0, 0.05) is 10.9 Å². The van der Waals surface area contributed by atoms with Crippen molar-refractivity contribution >= 4 is 27.5 Å². The lowest BCUT2D eigenvalue weighted by Gasteiger charge is -2.09. The van der Waals surface area contributed by atoms with Crippen LogP contribution in [0.2, 0.25) is 5.02 Å². The molecule has 2 rings (SSSR count). The summed E-state index contributed by atoms with van der Waals surface area (Å²) in [5.74, 6) is 1.35. The van der Waals surface area contributed by atoms with Gasteiger partial charge in [-0.05, 0) is 36.4 Å². The lowest BCUT2D eigenvalue weighted by molar-refractivity contribution is 0.247. The van der Waals surface area contributed by atoms with Crippen molar-refractivity contribution in [3.63, 3.8) is 0 Å². The van der Waals surface area contributed by atoms with Gasteiger partial charge in [-0.1, -0.05) is 33.6 Å². The predicted octanol–water partition coefficient (Wildman–Crippen LogP) is 4.82. The first-order chi connectivity index (χ1) is 10.2. The van der Waals surface area contributed by atoms with E-state index in [-0.39, 0.29) is 0 Å². The van der Waals surface area contributed by atoms with Crippen LogP contribution in [0, 0.1) is 11.3 Å². The predicted molar refractivity (Wildman–Crippen MR) is 85.9 cm³/mol. The Hall–Kier alpha value is -1.70. The third-order valence-corrected chi connectivity index (χ3v) is 3.46. The molecule has 0 aliphatic heterocycles. The molecule has 0 unspecified atom stereocenters. The molecule has 0 bridgehead atoms. The van der Waals surface area contributed by atoms with Crippen molar-refractivity contribution < 1.29 is 9.47 Å². The van der Waals surface area contributed by atoms with Crippen LogP contribution in [0.15, 0.2) is 46.9 Å². The molecule has 2 aromatic carbocycles. The maximum atomic E-state index is 8.80. The Morgan fingerprint density at radius 1 is 1.10 bits per heavy atom. The number of nitrogens with zero attached hydrogens (tertiary/aromatic N) is 1. The molecule has 3 nitrogen and oxygen atoms in total. The average Bonchev–Trinajstić information content (AvgIpc) is 2.49. The molecule has 0 fully saturated rings. The molecule has 0 amide bonds. The van der Waals surface area contributed by atoms with Crippen molar-refractivity contribution in [1.82, 2.24) is 0 Å². The molecule has 0 saturated heterocycles. The largest absolute Gasteiger partial charge is 0.493 e.